The summed E-state index contributed by atoms with van der Waals surface area (Å²) in [4.78, 5) is 15.0. The molecule has 0 bridgehead atoms. The van der Waals surface area contributed by atoms with E-state index in [0.717, 1.165) is 41.8 Å². The van der Waals surface area contributed by atoms with Crippen LogP contribution in [0.5, 0.6) is 5.75 Å². The molecular weight excluding hydrogens is 469 g/mol. The summed E-state index contributed by atoms with van der Waals surface area (Å²) < 4.78 is 23.1. The first-order chi connectivity index (χ1) is 17.9. The first-order valence-electron chi connectivity index (χ1n) is 12.2. The van der Waals surface area contributed by atoms with E-state index < -0.39 is 0 Å². The fourth-order valence-electron chi connectivity index (χ4n) is 4.36. The van der Waals surface area contributed by atoms with Crippen molar-refractivity contribution in [3.63, 3.8) is 0 Å². The van der Waals surface area contributed by atoms with Crippen LogP contribution in [0.15, 0.2) is 55.2 Å². The van der Waals surface area contributed by atoms with Crippen molar-refractivity contribution in [2.45, 2.75) is 26.7 Å². The minimum absolute atomic E-state index is 0.351. The molecule has 0 aliphatic heterocycles. The van der Waals surface area contributed by atoms with Crippen LogP contribution in [-0.4, -0.2) is 56.7 Å². The third kappa shape index (κ3) is 5.36. The summed E-state index contributed by atoms with van der Waals surface area (Å²) in [6.45, 7) is 5.21. The number of fused-ring (bicyclic) bond motifs is 2. The van der Waals surface area contributed by atoms with Crippen molar-refractivity contribution in [1.82, 2.24) is 29.5 Å². The molecule has 5 aromatic rings. The minimum atomic E-state index is -0.375. The predicted octanol–water partition coefficient (Wildman–Crippen LogP) is 5.09. The molecule has 0 unspecified atom stereocenters. The molecule has 37 heavy (non-hydrogen) atoms. The number of anilines is 2. The van der Waals surface area contributed by atoms with E-state index in [1.807, 2.05) is 44.6 Å². The molecule has 0 aliphatic carbocycles. The largest absolute Gasteiger partial charge is 0.493 e. The van der Waals surface area contributed by atoms with Crippen molar-refractivity contribution in [3.05, 3.63) is 83.3 Å². The van der Waals surface area contributed by atoms with Crippen molar-refractivity contribution < 1.29 is 9.13 Å². The van der Waals surface area contributed by atoms with Crippen LogP contribution in [-0.2, 0) is 6.42 Å². The van der Waals surface area contributed by atoms with E-state index in [4.69, 9.17) is 4.74 Å². The zero-order valence-corrected chi connectivity index (χ0v) is 21.5. The number of ether oxygens (including phenoxy) is 1. The Morgan fingerprint density at radius 2 is 1.89 bits per heavy atom. The molecule has 3 aromatic heterocycles. The van der Waals surface area contributed by atoms with Crippen molar-refractivity contribution >= 4 is 28.1 Å². The molecule has 8 nitrogen and oxygen atoms in total. The second-order valence-electron chi connectivity index (χ2n) is 9.48. The van der Waals surface area contributed by atoms with Crippen molar-refractivity contribution in [3.8, 4) is 5.75 Å². The Labute approximate surface area is 215 Å². The zero-order valence-electron chi connectivity index (χ0n) is 21.5. The van der Waals surface area contributed by atoms with Crippen LogP contribution in [0.3, 0.4) is 0 Å². The Morgan fingerprint density at radius 3 is 2.70 bits per heavy atom. The van der Waals surface area contributed by atoms with Gasteiger partial charge in [0.15, 0.2) is 5.65 Å². The van der Waals surface area contributed by atoms with Crippen LogP contribution in [0, 0.1) is 19.7 Å². The standard InChI is InChI=1S/C28H30FN7O/c1-18-12-22(7-6-21(18)13-20-8-10-36-25(14-20)31-17-33-36)34-28-26-23(30-16-32-28)15-24(19(2)27(26)29)37-11-5-9-35(3)4/h6-8,10,12,14-17H,5,9,11,13H2,1-4H3,(H,30,32,34). The van der Waals surface area contributed by atoms with E-state index in [1.54, 1.807) is 23.8 Å². The number of nitrogens with zero attached hydrogens (tertiary/aromatic N) is 6. The Balaban J connectivity index is 1.36. The molecule has 0 aliphatic rings. The van der Waals surface area contributed by atoms with E-state index in [-0.39, 0.29) is 5.82 Å². The van der Waals surface area contributed by atoms with Gasteiger partial charge in [-0.05, 0) is 81.7 Å². The van der Waals surface area contributed by atoms with Gasteiger partial charge in [-0.1, -0.05) is 6.07 Å². The highest BCUT2D eigenvalue weighted by Gasteiger charge is 2.17. The van der Waals surface area contributed by atoms with E-state index in [2.05, 4.69) is 43.3 Å². The first-order valence-corrected chi connectivity index (χ1v) is 12.2. The average Bonchev–Trinajstić information content (AvgIpc) is 3.34. The molecule has 1 N–H and O–H groups in total. The van der Waals surface area contributed by atoms with Gasteiger partial charge in [0.2, 0.25) is 0 Å². The highest BCUT2D eigenvalue weighted by atomic mass is 19.1. The summed E-state index contributed by atoms with van der Waals surface area (Å²) in [5.41, 5.74) is 6.07. The maximum atomic E-state index is 15.5. The lowest BCUT2D eigenvalue weighted by Crippen LogP contribution is -2.15. The number of aromatic nitrogens is 5. The number of benzene rings is 2. The number of pyridine rings is 1. The lowest BCUT2D eigenvalue weighted by Gasteiger charge is -2.15. The van der Waals surface area contributed by atoms with E-state index in [0.29, 0.717) is 34.6 Å². The normalized spacial score (nSPS) is 11.5. The monoisotopic (exact) mass is 499 g/mol. The molecule has 0 saturated carbocycles. The van der Waals surface area contributed by atoms with Crippen molar-refractivity contribution in [2.75, 3.05) is 32.6 Å². The van der Waals surface area contributed by atoms with Crippen LogP contribution in [0.4, 0.5) is 15.9 Å². The molecule has 0 radical (unpaired) electrons. The maximum absolute atomic E-state index is 15.5. The van der Waals surface area contributed by atoms with Crippen LogP contribution < -0.4 is 10.1 Å². The number of hydrogen-bond donors (Lipinski definition) is 1. The maximum Gasteiger partial charge on any atom is 0.155 e. The van der Waals surface area contributed by atoms with Crippen molar-refractivity contribution in [2.24, 2.45) is 0 Å². The third-order valence-corrected chi connectivity index (χ3v) is 6.41. The molecule has 0 saturated heterocycles. The Kier molecular flexibility index (Phi) is 6.96. The molecule has 5 rings (SSSR count). The second kappa shape index (κ2) is 10.5. The SMILES string of the molecule is Cc1cc(Nc2ncnc3cc(OCCCN(C)C)c(C)c(F)c23)ccc1Cc1ccn2ncnc2c1. The number of nitrogens with one attached hydrogen (secondary N) is 1. The van der Waals surface area contributed by atoms with E-state index in [9.17, 15) is 0 Å². The Bertz CT molecular complexity index is 1560. The number of halogens is 1. The van der Waals surface area contributed by atoms with Gasteiger partial charge < -0.3 is 15.0 Å². The van der Waals surface area contributed by atoms with Gasteiger partial charge in [0.1, 0.15) is 30.0 Å². The topological polar surface area (TPSA) is 80.5 Å². The molecule has 190 valence electrons. The fourth-order valence-corrected chi connectivity index (χ4v) is 4.36. The number of rotatable bonds is 9. The fraction of sp³-hybridized carbons (Fsp3) is 0.286. The summed E-state index contributed by atoms with van der Waals surface area (Å²) in [6.07, 6.45) is 6.54. The zero-order chi connectivity index (χ0) is 25.9. The van der Waals surface area contributed by atoms with Gasteiger partial charge >= 0.3 is 0 Å². The van der Waals surface area contributed by atoms with Gasteiger partial charge in [0.25, 0.3) is 0 Å². The Morgan fingerprint density at radius 1 is 1.03 bits per heavy atom. The number of hydrogen-bond acceptors (Lipinski definition) is 7. The van der Waals surface area contributed by atoms with Crippen LogP contribution in [0.25, 0.3) is 16.6 Å². The molecule has 9 heteroatoms. The molecule has 0 atom stereocenters. The van der Waals surface area contributed by atoms with Crippen molar-refractivity contribution in [1.29, 1.82) is 0 Å². The van der Waals surface area contributed by atoms with Gasteiger partial charge in [-0.3, -0.25) is 0 Å². The van der Waals surface area contributed by atoms with Crippen LogP contribution in [0.2, 0.25) is 0 Å². The third-order valence-electron chi connectivity index (χ3n) is 6.41. The molecule has 2 aromatic carbocycles. The Hall–Kier alpha value is -4.11. The predicted molar refractivity (Wildman–Crippen MR) is 143 cm³/mol. The molecule has 0 amide bonds. The van der Waals surface area contributed by atoms with Gasteiger partial charge in [-0.15, -0.1) is 0 Å². The lowest BCUT2D eigenvalue weighted by molar-refractivity contribution is 0.279. The summed E-state index contributed by atoms with van der Waals surface area (Å²) >= 11 is 0. The summed E-state index contributed by atoms with van der Waals surface area (Å²) in [5.74, 6) is 0.563. The highest BCUT2D eigenvalue weighted by Crippen LogP contribution is 2.33. The smallest absolute Gasteiger partial charge is 0.155 e. The van der Waals surface area contributed by atoms with Crippen LogP contribution >= 0.6 is 0 Å². The quantitative estimate of drug-likeness (QED) is 0.283. The minimum Gasteiger partial charge on any atom is -0.493 e. The summed E-state index contributed by atoms with van der Waals surface area (Å²) in [5, 5.41) is 7.79. The lowest BCUT2D eigenvalue weighted by atomic mass is 10.0. The molecular formula is C28H30FN7O. The van der Waals surface area contributed by atoms with Crippen LogP contribution in [0.1, 0.15) is 28.7 Å². The van der Waals surface area contributed by atoms with Gasteiger partial charge in [-0.2, -0.15) is 5.10 Å². The second-order valence-corrected chi connectivity index (χ2v) is 9.48. The van der Waals surface area contributed by atoms with E-state index in [1.165, 1.54) is 11.9 Å². The highest BCUT2D eigenvalue weighted by molar-refractivity contribution is 5.93. The summed E-state index contributed by atoms with van der Waals surface area (Å²) in [7, 11) is 4.03. The van der Waals surface area contributed by atoms with Gasteiger partial charge in [0.05, 0.1) is 17.5 Å². The summed E-state index contributed by atoms with van der Waals surface area (Å²) in [6, 6.07) is 12.0. The molecule has 3 heterocycles. The average molecular weight is 500 g/mol. The number of aryl methyl sites for hydroxylation is 1. The first kappa shape index (κ1) is 24.6. The van der Waals surface area contributed by atoms with E-state index >= 15 is 4.39 Å². The van der Waals surface area contributed by atoms with Gasteiger partial charge in [0, 0.05) is 30.1 Å². The van der Waals surface area contributed by atoms with Gasteiger partial charge in [-0.25, -0.2) is 23.9 Å². The molecule has 0 fully saturated rings. The molecule has 0 spiro atoms.